The number of anilines is 1. The van der Waals surface area contributed by atoms with E-state index in [4.69, 9.17) is 11.6 Å². The molecule has 10 nitrogen and oxygen atoms in total. The van der Waals surface area contributed by atoms with Gasteiger partial charge in [0, 0.05) is 37.2 Å². The Labute approximate surface area is 254 Å². The molecule has 0 saturated carbocycles. The van der Waals surface area contributed by atoms with Crippen LogP contribution in [0.1, 0.15) is 11.1 Å². The Morgan fingerprint density at radius 1 is 0.884 bits per heavy atom. The number of benzene rings is 4. The van der Waals surface area contributed by atoms with Crippen molar-refractivity contribution >= 4 is 44.8 Å². The molecule has 0 aliphatic heterocycles. The van der Waals surface area contributed by atoms with Crippen molar-refractivity contribution in [2.45, 2.75) is 23.9 Å². The Kier molecular flexibility index (Phi) is 10.1. The predicted molar refractivity (Wildman–Crippen MR) is 164 cm³/mol. The van der Waals surface area contributed by atoms with Crippen molar-refractivity contribution in [1.29, 1.82) is 0 Å². The number of hydrogen-bond acceptors (Lipinski definition) is 6. The molecule has 1 N–H and O–H groups in total. The van der Waals surface area contributed by atoms with Gasteiger partial charge < -0.3 is 10.2 Å². The van der Waals surface area contributed by atoms with Gasteiger partial charge in [0.1, 0.15) is 12.6 Å². The van der Waals surface area contributed by atoms with Gasteiger partial charge >= 0.3 is 0 Å². The summed E-state index contributed by atoms with van der Waals surface area (Å²) in [6.07, 6.45) is 0.152. The van der Waals surface area contributed by atoms with Gasteiger partial charge in [0.2, 0.25) is 11.8 Å². The van der Waals surface area contributed by atoms with Crippen LogP contribution in [0.4, 0.5) is 11.4 Å². The van der Waals surface area contributed by atoms with E-state index in [1.807, 2.05) is 30.3 Å². The van der Waals surface area contributed by atoms with Gasteiger partial charge in [0.15, 0.2) is 0 Å². The number of nitro groups is 1. The second-order valence-corrected chi connectivity index (χ2v) is 11.8. The maximum absolute atomic E-state index is 14.2. The van der Waals surface area contributed by atoms with Gasteiger partial charge in [-0.3, -0.25) is 24.0 Å². The second-order valence-electron chi connectivity index (χ2n) is 9.53. The van der Waals surface area contributed by atoms with Gasteiger partial charge in [-0.25, -0.2) is 8.42 Å². The third kappa shape index (κ3) is 7.56. The minimum atomic E-state index is -4.32. The van der Waals surface area contributed by atoms with Crippen LogP contribution in [0.3, 0.4) is 0 Å². The molecule has 0 bridgehead atoms. The summed E-state index contributed by atoms with van der Waals surface area (Å²) in [6.45, 7) is -0.773. The zero-order valence-electron chi connectivity index (χ0n) is 23.2. The average Bonchev–Trinajstić information content (AvgIpc) is 3.02. The lowest BCUT2D eigenvalue weighted by molar-refractivity contribution is -0.384. The van der Waals surface area contributed by atoms with Crippen LogP contribution >= 0.6 is 11.6 Å². The van der Waals surface area contributed by atoms with Crippen LogP contribution in [0.15, 0.2) is 114 Å². The summed E-state index contributed by atoms with van der Waals surface area (Å²) in [5.74, 6) is -1.13. The maximum atomic E-state index is 14.2. The van der Waals surface area contributed by atoms with Crippen molar-refractivity contribution in [3.8, 4) is 0 Å². The molecular weight excluding hydrogens is 592 g/mol. The Morgan fingerprint density at radius 2 is 1.47 bits per heavy atom. The lowest BCUT2D eigenvalue weighted by Crippen LogP contribution is -2.53. The van der Waals surface area contributed by atoms with Crippen LogP contribution in [0.25, 0.3) is 0 Å². The smallest absolute Gasteiger partial charge is 0.269 e. The van der Waals surface area contributed by atoms with Gasteiger partial charge in [-0.15, -0.1) is 0 Å². The normalized spacial score (nSPS) is 11.8. The van der Waals surface area contributed by atoms with Crippen molar-refractivity contribution in [3.63, 3.8) is 0 Å². The number of sulfonamides is 1. The maximum Gasteiger partial charge on any atom is 0.269 e. The van der Waals surface area contributed by atoms with Crippen LogP contribution in [-0.4, -0.2) is 49.7 Å². The van der Waals surface area contributed by atoms with E-state index in [9.17, 15) is 28.1 Å². The van der Waals surface area contributed by atoms with E-state index in [0.29, 0.717) is 10.6 Å². The minimum Gasteiger partial charge on any atom is -0.357 e. The molecule has 0 aromatic heterocycles. The molecule has 1 atom stereocenters. The first kappa shape index (κ1) is 31.2. The fourth-order valence-corrected chi connectivity index (χ4v) is 6.15. The van der Waals surface area contributed by atoms with Crippen molar-refractivity contribution in [2.24, 2.45) is 0 Å². The Balaban J connectivity index is 1.80. The fraction of sp³-hybridized carbons (Fsp3) is 0.161. The van der Waals surface area contributed by atoms with E-state index in [-0.39, 0.29) is 29.2 Å². The van der Waals surface area contributed by atoms with Crippen molar-refractivity contribution in [1.82, 2.24) is 10.2 Å². The quantitative estimate of drug-likeness (QED) is 0.178. The lowest BCUT2D eigenvalue weighted by Gasteiger charge is -2.33. The highest BCUT2D eigenvalue weighted by atomic mass is 35.5. The first-order valence-electron chi connectivity index (χ1n) is 13.2. The number of nitrogens with one attached hydrogen (secondary N) is 1. The van der Waals surface area contributed by atoms with Crippen molar-refractivity contribution < 1.29 is 22.9 Å². The summed E-state index contributed by atoms with van der Waals surface area (Å²) in [5.41, 5.74) is 1.15. The van der Waals surface area contributed by atoms with Crippen molar-refractivity contribution in [3.05, 3.63) is 135 Å². The number of non-ortho nitro benzene ring substituents is 1. The molecule has 0 aliphatic rings. The molecule has 2 amide bonds. The van der Waals surface area contributed by atoms with E-state index in [2.05, 4.69) is 5.32 Å². The largest absolute Gasteiger partial charge is 0.357 e. The number of carbonyl (C=O) groups excluding carboxylic acids is 2. The number of carbonyl (C=O) groups is 2. The number of halogens is 1. The highest BCUT2D eigenvalue weighted by Gasteiger charge is 2.34. The van der Waals surface area contributed by atoms with Crippen LogP contribution in [-0.2, 0) is 32.6 Å². The van der Waals surface area contributed by atoms with Gasteiger partial charge in [-0.1, -0.05) is 78.3 Å². The first-order chi connectivity index (χ1) is 20.6. The third-order valence-corrected chi connectivity index (χ3v) is 8.93. The summed E-state index contributed by atoms with van der Waals surface area (Å²) >= 11 is 6.45. The molecule has 4 aromatic carbocycles. The number of hydrogen-bond donors (Lipinski definition) is 1. The predicted octanol–water partition coefficient (Wildman–Crippen LogP) is 4.83. The third-order valence-electron chi connectivity index (χ3n) is 6.77. The summed E-state index contributed by atoms with van der Waals surface area (Å²) in [7, 11) is -2.86. The topological polar surface area (TPSA) is 130 Å². The van der Waals surface area contributed by atoms with Gasteiger partial charge in [-0.2, -0.15) is 0 Å². The Morgan fingerprint density at radius 3 is 2.05 bits per heavy atom. The molecule has 0 saturated heterocycles. The number of rotatable bonds is 12. The molecule has 43 heavy (non-hydrogen) atoms. The average molecular weight is 621 g/mol. The fourth-order valence-electron chi connectivity index (χ4n) is 4.52. The SMILES string of the molecule is CNC(=O)[C@@H](Cc1ccccc1)N(Cc1ccccc1Cl)C(=O)CN(c1ccc([N+](=O)[O-])cc1)S(=O)(=O)c1ccccc1. The first-order valence-corrected chi connectivity index (χ1v) is 15.0. The molecule has 4 rings (SSSR count). The molecule has 0 spiro atoms. The second kappa shape index (κ2) is 14.0. The van der Waals surface area contributed by atoms with E-state index in [1.165, 1.54) is 36.2 Å². The van der Waals surface area contributed by atoms with E-state index in [1.54, 1.807) is 42.5 Å². The summed E-state index contributed by atoms with van der Waals surface area (Å²) < 4.78 is 28.7. The number of amides is 2. The van der Waals surface area contributed by atoms with E-state index >= 15 is 0 Å². The Hall–Kier alpha value is -4.74. The molecule has 0 heterocycles. The van der Waals surface area contributed by atoms with E-state index in [0.717, 1.165) is 22.0 Å². The molecule has 222 valence electrons. The monoisotopic (exact) mass is 620 g/mol. The van der Waals surface area contributed by atoms with Crippen LogP contribution < -0.4 is 9.62 Å². The molecule has 12 heteroatoms. The standard InChI is InChI=1S/C31H29ClN4O6S/c1-33-31(38)29(20-23-10-4-2-5-11-23)34(21-24-12-8-9-15-28(24)32)30(37)22-35(25-16-18-26(19-17-25)36(39)40)43(41,42)27-13-6-3-7-14-27/h2-19,29H,20-22H2,1H3,(H,33,38)/t29-/m1/s1. The highest BCUT2D eigenvalue weighted by molar-refractivity contribution is 7.92. The van der Waals surface area contributed by atoms with Gasteiger partial charge in [-0.05, 0) is 41.5 Å². The number of likely N-dealkylation sites (N-methyl/N-ethyl adjacent to an activating group) is 1. The molecule has 4 aromatic rings. The summed E-state index contributed by atoms with van der Waals surface area (Å²) in [6, 6.07) is 27.4. The molecule has 0 fully saturated rings. The van der Waals surface area contributed by atoms with Crippen molar-refractivity contribution in [2.75, 3.05) is 17.9 Å². The molecular formula is C31H29ClN4O6S. The van der Waals surface area contributed by atoms with Crippen LogP contribution in [0, 0.1) is 10.1 Å². The van der Waals surface area contributed by atoms with Crippen LogP contribution in [0.2, 0.25) is 5.02 Å². The molecule has 0 unspecified atom stereocenters. The van der Waals surface area contributed by atoms with Crippen LogP contribution in [0.5, 0.6) is 0 Å². The van der Waals surface area contributed by atoms with Gasteiger partial charge in [0.05, 0.1) is 15.5 Å². The lowest BCUT2D eigenvalue weighted by atomic mass is 10.0. The summed E-state index contributed by atoms with van der Waals surface area (Å²) in [4.78, 5) is 39.4. The Bertz CT molecular complexity index is 1690. The zero-order valence-corrected chi connectivity index (χ0v) is 24.7. The molecule has 0 radical (unpaired) electrons. The van der Waals surface area contributed by atoms with E-state index < -0.39 is 39.3 Å². The molecule has 0 aliphatic carbocycles. The highest BCUT2D eigenvalue weighted by Crippen LogP contribution is 2.27. The number of nitro benzene ring substituents is 1. The summed E-state index contributed by atoms with van der Waals surface area (Å²) in [5, 5.41) is 14.2. The van der Waals surface area contributed by atoms with Gasteiger partial charge in [0.25, 0.3) is 15.7 Å². The zero-order chi connectivity index (χ0) is 31.0. The minimum absolute atomic E-state index is 0.0417. The number of nitrogens with zero attached hydrogens (tertiary/aromatic N) is 3.